The van der Waals surface area contributed by atoms with E-state index < -0.39 is 6.04 Å². The molecule has 6 heteroatoms. The van der Waals surface area contributed by atoms with Gasteiger partial charge in [0.1, 0.15) is 6.04 Å². The molecule has 2 rings (SSSR count). The molecule has 1 saturated heterocycles. The summed E-state index contributed by atoms with van der Waals surface area (Å²) in [5.74, 6) is 0.752. The van der Waals surface area contributed by atoms with Crippen molar-refractivity contribution in [3.63, 3.8) is 0 Å². The highest BCUT2D eigenvalue weighted by molar-refractivity contribution is 6.00. The maximum atomic E-state index is 12.9. The lowest BCUT2D eigenvalue weighted by Gasteiger charge is -2.31. The Kier molecular flexibility index (Phi) is 5.00. The Hall–Kier alpha value is -2.11. The topological polar surface area (TPSA) is 56.8 Å². The molecule has 6 nitrogen and oxygen atoms in total. The van der Waals surface area contributed by atoms with Crippen molar-refractivity contribution in [2.75, 3.05) is 37.5 Å². The highest BCUT2D eigenvalue weighted by atomic mass is 16.2. The first-order valence-corrected chi connectivity index (χ1v) is 7.66. The third kappa shape index (κ3) is 3.05. The van der Waals surface area contributed by atoms with Crippen molar-refractivity contribution in [3.05, 3.63) is 18.3 Å². The molecular formula is C16H24N4O2. The maximum Gasteiger partial charge on any atom is 0.249 e. The van der Waals surface area contributed by atoms with Crippen LogP contribution < -0.4 is 9.80 Å². The van der Waals surface area contributed by atoms with E-state index in [4.69, 9.17) is 0 Å². The van der Waals surface area contributed by atoms with Gasteiger partial charge in [0.15, 0.2) is 5.82 Å². The van der Waals surface area contributed by atoms with Crippen molar-refractivity contribution in [1.29, 1.82) is 0 Å². The summed E-state index contributed by atoms with van der Waals surface area (Å²) < 4.78 is 0. The summed E-state index contributed by atoms with van der Waals surface area (Å²) in [7, 11) is 5.53. The molecule has 2 heterocycles. The molecule has 120 valence electrons. The molecule has 1 aliphatic rings. The number of carbonyl (C=O) groups is 2. The van der Waals surface area contributed by atoms with Crippen molar-refractivity contribution in [2.45, 2.75) is 32.2 Å². The summed E-state index contributed by atoms with van der Waals surface area (Å²) in [4.78, 5) is 34.3. The average Bonchev–Trinajstić information content (AvgIpc) is 2.93. The maximum absolute atomic E-state index is 12.9. The number of hydrogen-bond donors (Lipinski definition) is 0. The molecule has 2 amide bonds. The fourth-order valence-corrected chi connectivity index (χ4v) is 2.86. The van der Waals surface area contributed by atoms with E-state index in [9.17, 15) is 9.59 Å². The molecule has 22 heavy (non-hydrogen) atoms. The van der Waals surface area contributed by atoms with E-state index in [1.54, 1.807) is 23.0 Å². The van der Waals surface area contributed by atoms with Crippen LogP contribution in [-0.4, -0.2) is 55.4 Å². The standard InChI is InChI=1S/C16H24N4O2/c1-5-12(20-11-7-9-14(20)21)16(22)19(4)13-8-6-10-17-15(13)18(2)3/h6,8,10,12H,5,7,9,11H2,1-4H3. The van der Waals surface area contributed by atoms with Crippen molar-refractivity contribution < 1.29 is 9.59 Å². The lowest BCUT2D eigenvalue weighted by molar-refractivity contribution is -0.136. The minimum atomic E-state index is -0.393. The van der Waals surface area contributed by atoms with Crippen LogP contribution in [0.3, 0.4) is 0 Å². The van der Waals surface area contributed by atoms with Crippen LogP contribution in [0.5, 0.6) is 0 Å². The lowest BCUT2D eigenvalue weighted by atomic mass is 10.1. The molecule has 0 aliphatic carbocycles. The van der Waals surface area contributed by atoms with Gasteiger partial charge >= 0.3 is 0 Å². The second-order valence-electron chi connectivity index (χ2n) is 5.75. The van der Waals surface area contributed by atoms with Gasteiger partial charge in [-0.05, 0) is 25.0 Å². The summed E-state index contributed by atoms with van der Waals surface area (Å²) in [6.45, 7) is 2.61. The summed E-state index contributed by atoms with van der Waals surface area (Å²) in [5.41, 5.74) is 0.752. The zero-order valence-electron chi connectivity index (χ0n) is 13.7. The number of aromatic nitrogens is 1. The van der Waals surface area contributed by atoms with E-state index in [2.05, 4.69) is 4.98 Å². The Balaban J connectivity index is 2.26. The van der Waals surface area contributed by atoms with Gasteiger partial charge in [0, 0.05) is 40.3 Å². The molecule has 0 saturated carbocycles. The number of anilines is 2. The molecule has 1 unspecified atom stereocenters. The average molecular weight is 304 g/mol. The Morgan fingerprint density at radius 1 is 1.41 bits per heavy atom. The fourth-order valence-electron chi connectivity index (χ4n) is 2.86. The van der Waals surface area contributed by atoms with E-state index in [1.807, 2.05) is 38.1 Å². The Labute approximate surface area is 131 Å². The minimum absolute atomic E-state index is 0.0612. The van der Waals surface area contributed by atoms with E-state index in [1.165, 1.54) is 0 Å². The number of pyridine rings is 1. The number of nitrogens with zero attached hydrogens (tertiary/aromatic N) is 4. The predicted octanol–water partition coefficient (Wildman–Crippen LogP) is 1.51. The number of likely N-dealkylation sites (N-methyl/N-ethyl adjacent to an activating group) is 1. The summed E-state index contributed by atoms with van der Waals surface area (Å²) in [6.07, 6.45) is 3.70. The van der Waals surface area contributed by atoms with E-state index in [-0.39, 0.29) is 11.8 Å². The van der Waals surface area contributed by atoms with Gasteiger partial charge in [-0.2, -0.15) is 0 Å². The van der Waals surface area contributed by atoms with Gasteiger partial charge in [0.25, 0.3) is 0 Å². The molecule has 1 aromatic rings. The first-order valence-electron chi connectivity index (χ1n) is 7.66. The van der Waals surface area contributed by atoms with Crippen LogP contribution in [0.25, 0.3) is 0 Å². The van der Waals surface area contributed by atoms with Crippen LogP contribution in [0.1, 0.15) is 26.2 Å². The number of rotatable bonds is 5. The smallest absolute Gasteiger partial charge is 0.249 e. The van der Waals surface area contributed by atoms with Gasteiger partial charge in [0.2, 0.25) is 11.8 Å². The van der Waals surface area contributed by atoms with Gasteiger partial charge < -0.3 is 14.7 Å². The zero-order valence-corrected chi connectivity index (χ0v) is 13.7. The van der Waals surface area contributed by atoms with Crippen LogP contribution in [0.4, 0.5) is 11.5 Å². The highest BCUT2D eigenvalue weighted by Crippen LogP contribution is 2.26. The summed E-state index contributed by atoms with van der Waals surface area (Å²) in [5, 5.41) is 0. The van der Waals surface area contributed by atoms with Crippen LogP contribution in [-0.2, 0) is 9.59 Å². The monoisotopic (exact) mass is 304 g/mol. The van der Waals surface area contributed by atoms with Crippen molar-refractivity contribution in [2.24, 2.45) is 0 Å². The van der Waals surface area contributed by atoms with Gasteiger partial charge in [-0.1, -0.05) is 6.92 Å². The number of amides is 2. The normalized spacial score (nSPS) is 15.8. The predicted molar refractivity (Wildman–Crippen MR) is 87.0 cm³/mol. The first-order chi connectivity index (χ1) is 10.5. The summed E-state index contributed by atoms with van der Waals surface area (Å²) in [6, 6.07) is 3.29. The van der Waals surface area contributed by atoms with Gasteiger partial charge in [-0.15, -0.1) is 0 Å². The lowest BCUT2D eigenvalue weighted by Crippen LogP contribution is -2.48. The van der Waals surface area contributed by atoms with E-state index in [0.717, 1.165) is 17.9 Å². The molecular weight excluding hydrogens is 280 g/mol. The van der Waals surface area contributed by atoms with Crippen molar-refractivity contribution >= 4 is 23.3 Å². The second kappa shape index (κ2) is 6.77. The molecule has 1 atom stereocenters. The highest BCUT2D eigenvalue weighted by Gasteiger charge is 2.34. The molecule has 1 aromatic heterocycles. The van der Waals surface area contributed by atoms with E-state index in [0.29, 0.717) is 19.4 Å². The Morgan fingerprint density at radius 3 is 2.68 bits per heavy atom. The van der Waals surface area contributed by atoms with Gasteiger partial charge in [-0.25, -0.2) is 4.98 Å². The number of hydrogen-bond acceptors (Lipinski definition) is 4. The SMILES string of the molecule is CCC(C(=O)N(C)c1cccnc1N(C)C)N1CCCC1=O. The Morgan fingerprint density at radius 2 is 2.14 bits per heavy atom. The molecule has 0 spiro atoms. The Bertz CT molecular complexity index is 559. The fraction of sp³-hybridized carbons (Fsp3) is 0.562. The van der Waals surface area contributed by atoms with Crippen molar-refractivity contribution in [3.8, 4) is 0 Å². The number of likely N-dealkylation sites (tertiary alicyclic amines) is 1. The number of carbonyl (C=O) groups excluding carboxylic acids is 2. The van der Waals surface area contributed by atoms with Gasteiger partial charge in [0.05, 0.1) is 5.69 Å². The van der Waals surface area contributed by atoms with Crippen LogP contribution in [0.2, 0.25) is 0 Å². The van der Waals surface area contributed by atoms with Crippen molar-refractivity contribution in [1.82, 2.24) is 9.88 Å². The zero-order chi connectivity index (χ0) is 16.3. The summed E-state index contributed by atoms with van der Waals surface area (Å²) >= 11 is 0. The van der Waals surface area contributed by atoms with Gasteiger partial charge in [-0.3, -0.25) is 9.59 Å². The first kappa shape index (κ1) is 16.3. The molecule has 0 aromatic carbocycles. The van der Waals surface area contributed by atoms with Crippen LogP contribution in [0.15, 0.2) is 18.3 Å². The molecule has 1 aliphatic heterocycles. The van der Waals surface area contributed by atoms with Crippen LogP contribution >= 0.6 is 0 Å². The molecule has 0 radical (unpaired) electrons. The molecule has 0 bridgehead atoms. The van der Waals surface area contributed by atoms with Crippen LogP contribution in [0, 0.1) is 0 Å². The third-order valence-electron chi connectivity index (χ3n) is 4.04. The largest absolute Gasteiger partial charge is 0.361 e. The molecule has 1 fully saturated rings. The third-order valence-corrected chi connectivity index (χ3v) is 4.04. The molecule has 0 N–H and O–H groups in total. The van der Waals surface area contributed by atoms with E-state index >= 15 is 0 Å². The quantitative estimate of drug-likeness (QED) is 0.827. The minimum Gasteiger partial charge on any atom is -0.361 e. The second-order valence-corrected chi connectivity index (χ2v) is 5.75.